The van der Waals surface area contributed by atoms with E-state index in [2.05, 4.69) is 56.6 Å². The minimum Gasteiger partial charge on any atom is -0.375 e. The summed E-state index contributed by atoms with van der Waals surface area (Å²) < 4.78 is 5.52. The molecule has 2 aliphatic rings. The van der Waals surface area contributed by atoms with E-state index in [4.69, 9.17) is 4.74 Å². The fourth-order valence-electron chi connectivity index (χ4n) is 5.02. The number of nitrogens with zero attached hydrogens (tertiary/aromatic N) is 3. The average Bonchev–Trinajstić information content (AvgIpc) is 3.33. The van der Waals surface area contributed by atoms with Crippen molar-refractivity contribution in [3.63, 3.8) is 0 Å². The lowest BCUT2D eigenvalue weighted by Gasteiger charge is -2.30. The Hall–Kier alpha value is -3.35. The van der Waals surface area contributed by atoms with Gasteiger partial charge in [0.25, 0.3) is 0 Å². The van der Waals surface area contributed by atoms with Crippen LogP contribution in [0.25, 0.3) is 0 Å². The van der Waals surface area contributed by atoms with Crippen LogP contribution in [0.2, 0.25) is 0 Å². The monoisotopic (exact) mass is 468 g/mol. The molecular formula is C29H32N4O2. The fraction of sp³-hybridized carbons (Fsp3) is 0.345. The molecule has 1 aliphatic heterocycles. The Morgan fingerprint density at radius 3 is 2.57 bits per heavy atom. The Labute approximate surface area is 207 Å². The quantitative estimate of drug-likeness (QED) is 0.348. The molecule has 6 heteroatoms. The van der Waals surface area contributed by atoms with E-state index in [0.29, 0.717) is 11.5 Å². The SMILES string of the molecule is COC1CCc2c(Nc3ccc(C(=O)C=CC4CCN(Cc5ccccc5)CC4)cc3)ncnc21. The van der Waals surface area contributed by atoms with Crippen LogP contribution in [0, 0.1) is 5.92 Å². The lowest BCUT2D eigenvalue weighted by molar-refractivity contribution is 0.102. The molecule has 1 saturated heterocycles. The van der Waals surface area contributed by atoms with E-state index in [0.717, 1.165) is 68.1 Å². The van der Waals surface area contributed by atoms with E-state index in [9.17, 15) is 4.79 Å². The summed E-state index contributed by atoms with van der Waals surface area (Å²) >= 11 is 0. The van der Waals surface area contributed by atoms with Gasteiger partial charge in [0, 0.05) is 30.5 Å². The molecule has 1 aliphatic carbocycles. The number of aromatic nitrogens is 2. The third-order valence-corrected chi connectivity index (χ3v) is 7.06. The van der Waals surface area contributed by atoms with Gasteiger partial charge in [0.05, 0.1) is 11.8 Å². The van der Waals surface area contributed by atoms with E-state index < -0.39 is 0 Å². The maximum absolute atomic E-state index is 12.7. The van der Waals surface area contributed by atoms with Crippen molar-refractivity contribution in [2.24, 2.45) is 5.92 Å². The molecular weight excluding hydrogens is 436 g/mol. The summed E-state index contributed by atoms with van der Waals surface area (Å²) in [6, 6.07) is 18.2. The van der Waals surface area contributed by atoms with Gasteiger partial charge in [0.1, 0.15) is 12.1 Å². The molecule has 0 radical (unpaired) electrons. The highest BCUT2D eigenvalue weighted by Gasteiger charge is 2.26. The van der Waals surface area contributed by atoms with Crippen LogP contribution in [0.5, 0.6) is 0 Å². The van der Waals surface area contributed by atoms with Crippen LogP contribution >= 0.6 is 0 Å². The summed E-state index contributed by atoms with van der Waals surface area (Å²) in [6.07, 6.45) is 9.46. The highest BCUT2D eigenvalue weighted by atomic mass is 16.5. The van der Waals surface area contributed by atoms with Gasteiger partial charge in [-0.2, -0.15) is 0 Å². The zero-order valence-electron chi connectivity index (χ0n) is 20.2. The van der Waals surface area contributed by atoms with E-state index in [-0.39, 0.29) is 11.9 Å². The molecule has 0 bridgehead atoms. The molecule has 0 amide bonds. The molecule has 1 unspecified atom stereocenters. The minimum absolute atomic E-state index is 0.0384. The third kappa shape index (κ3) is 5.66. The summed E-state index contributed by atoms with van der Waals surface area (Å²) in [7, 11) is 1.72. The van der Waals surface area contributed by atoms with Gasteiger partial charge in [-0.1, -0.05) is 36.4 Å². The first kappa shape index (κ1) is 23.4. The largest absolute Gasteiger partial charge is 0.375 e. The Morgan fingerprint density at radius 2 is 1.83 bits per heavy atom. The second-order valence-corrected chi connectivity index (χ2v) is 9.37. The predicted octanol–water partition coefficient (Wildman–Crippen LogP) is 5.51. The van der Waals surface area contributed by atoms with Gasteiger partial charge in [-0.05, 0) is 80.6 Å². The van der Waals surface area contributed by atoms with Crippen molar-refractivity contribution >= 4 is 17.3 Å². The van der Waals surface area contributed by atoms with E-state index >= 15 is 0 Å². The maximum Gasteiger partial charge on any atom is 0.185 e. The maximum atomic E-state index is 12.7. The number of ether oxygens (including phenoxy) is 1. The number of hydrogen-bond donors (Lipinski definition) is 1. The smallest absolute Gasteiger partial charge is 0.185 e. The molecule has 35 heavy (non-hydrogen) atoms. The Balaban J connectivity index is 1.13. The van der Waals surface area contributed by atoms with Crippen molar-refractivity contribution in [3.8, 4) is 0 Å². The van der Waals surface area contributed by atoms with Crippen LogP contribution in [0.15, 0.2) is 73.1 Å². The Kier molecular flexibility index (Phi) is 7.31. The normalized spacial score (nSPS) is 18.6. The van der Waals surface area contributed by atoms with Crippen molar-refractivity contribution in [3.05, 3.63) is 95.5 Å². The highest BCUT2D eigenvalue weighted by molar-refractivity contribution is 6.04. The van der Waals surface area contributed by atoms with Crippen LogP contribution in [0.3, 0.4) is 0 Å². The van der Waals surface area contributed by atoms with Crippen molar-refractivity contribution in [2.75, 3.05) is 25.5 Å². The number of nitrogens with one attached hydrogen (secondary N) is 1. The predicted molar refractivity (Wildman–Crippen MR) is 138 cm³/mol. The second kappa shape index (κ2) is 10.9. The molecule has 1 atom stereocenters. The highest BCUT2D eigenvalue weighted by Crippen LogP contribution is 2.35. The number of piperidine rings is 1. The van der Waals surface area contributed by atoms with Gasteiger partial charge in [-0.15, -0.1) is 0 Å². The van der Waals surface area contributed by atoms with Crippen LogP contribution < -0.4 is 5.32 Å². The number of carbonyl (C=O) groups is 1. The molecule has 1 N–H and O–H groups in total. The minimum atomic E-state index is 0.0384. The number of benzene rings is 2. The topological polar surface area (TPSA) is 67.3 Å². The lowest BCUT2D eigenvalue weighted by atomic mass is 9.95. The summed E-state index contributed by atoms with van der Waals surface area (Å²) in [5.41, 5.74) is 5.03. The molecule has 0 saturated carbocycles. The van der Waals surface area contributed by atoms with Crippen LogP contribution in [0.1, 0.15) is 52.5 Å². The van der Waals surface area contributed by atoms with Crippen LogP contribution in [-0.2, 0) is 17.7 Å². The van der Waals surface area contributed by atoms with Gasteiger partial charge in [-0.3, -0.25) is 9.69 Å². The summed E-state index contributed by atoms with van der Waals surface area (Å²) in [5.74, 6) is 1.32. The van der Waals surface area contributed by atoms with Crippen molar-refractivity contribution < 1.29 is 9.53 Å². The number of likely N-dealkylation sites (tertiary alicyclic amines) is 1. The molecule has 2 aromatic carbocycles. The Morgan fingerprint density at radius 1 is 1.06 bits per heavy atom. The van der Waals surface area contributed by atoms with Crippen molar-refractivity contribution in [1.82, 2.24) is 14.9 Å². The van der Waals surface area contributed by atoms with Gasteiger partial charge in [-0.25, -0.2) is 9.97 Å². The lowest BCUT2D eigenvalue weighted by Crippen LogP contribution is -2.32. The van der Waals surface area contributed by atoms with Gasteiger partial charge in [0.15, 0.2) is 5.78 Å². The first-order valence-electron chi connectivity index (χ1n) is 12.4. The van der Waals surface area contributed by atoms with Crippen molar-refractivity contribution in [1.29, 1.82) is 0 Å². The first-order valence-corrected chi connectivity index (χ1v) is 12.4. The van der Waals surface area contributed by atoms with Gasteiger partial charge in [0.2, 0.25) is 0 Å². The number of hydrogen-bond acceptors (Lipinski definition) is 6. The van der Waals surface area contributed by atoms with Crippen LogP contribution in [-0.4, -0.2) is 40.9 Å². The molecule has 180 valence electrons. The molecule has 1 aromatic heterocycles. The first-order chi connectivity index (χ1) is 17.2. The van der Waals surface area contributed by atoms with E-state index in [1.54, 1.807) is 19.5 Å². The molecule has 3 aromatic rings. The van der Waals surface area contributed by atoms with Crippen LogP contribution in [0.4, 0.5) is 11.5 Å². The molecule has 6 nitrogen and oxygen atoms in total. The number of anilines is 2. The third-order valence-electron chi connectivity index (χ3n) is 7.06. The van der Waals surface area contributed by atoms with Crippen molar-refractivity contribution in [2.45, 2.75) is 38.3 Å². The molecule has 2 heterocycles. The zero-order chi connectivity index (χ0) is 24.0. The molecule has 1 fully saturated rings. The number of methoxy groups -OCH3 is 1. The number of ketones is 1. The Bertz CT molecular complexity index is 1170. The number of carbonyl (C=O) groups excluding carboxylic acids is 1. The average molecular weight is 469 g/mol. The fourth-order valence-corrected chi connectivity index (χ4v) is 5.02. The van der Waals surface area contributed by atoms with E-state index in [1.165, 1.54) is 5.56 Å². The summed E-state index contributed by atoms with van der Waals surface area (Å²) in [6.45, 7) is 3.13. The number of allylic oxidation sites excluding steroid dienone is 2. The second-order valence-electron chi connectivity index (χ2n) is 9.37. The number of rotatable bonds is 8. The summed E-state index contributed by atoms with van der Waals surface area (Å²) in [5, 5.41) is 3.38. The standard InChI is InChI=1S/C29H32N4O2/c1-35-27-14-12-25-28(27)30-20-31-29(25)32-24-10-8-23(9-11-24)26(34)13-7-21-15-17-33(18-16-21)19-22-5-3-2-4-6-22/h2-11,13,20-21,27H,12,14-19H2,1H3,(H,30,31,32). The number of fused-ring (bicyclic) bond motifs is 1. The molecule has 5 rings (SSSR count). The van der Waals surface area contributed by atoms with Gasteiger partial charge < -0.3 is 10.1 Å². The van der Waals surface area contributed by atoms with Gasteiger partial charge >= 0.3 is 0 Å². The zero-order valence-corrected chi connectivity index (χ0v) is 20.2. The summed E-state index contributed by atoms with van der Waals surface area (Å²) in [4.78, 5) is 24.1. The van der Waals surface area contributed by atoms with E-state index in [1.807, 2.05) is 24.3 Å². The molecule has 0 spiro atoms.